The number of likely N-dealkylation sites (tertiary alicyclic amines) is 1. The monoisotopic (exact) mass is 531 g/mol. The van der Waals surface area contributed by atoms with Gasteiger partial charge in [0, 0.05) is 73.2 Å². The Kier molecular flexibility index (Phi) is 5.65. The van der Waals surface area contributed by atoms with E-state index in [9.17, 15) is 9.90 Å². The Balaban J connectivity index is 1.37. The lowest BCUT2D eigenvalue weighted by molar-refractivity contribution is 0.0898. The Bertz CT molecular complexity index is 1220. The summed E-state index contributed by atoms with van der Waals surface area (Å²) in [5, 5.41) is 15.3. The molecule has 1 saturated heterocycles. The van der Waals surface area contributed by atoms with Crippen molar-refractivity contribution in [1.29, 1.82) is 0 Å². The molecule has 33 heavy (non-hydrogen) atoms. The fraction of sp³-hybridized carbons (Fsp3) is 0.522. The number of aromatic nitrogens is 4. The molecule has 1 amide bonds. The Morgan fingerprint density at radius 2 is 2.06 bits per heavy atom. The van der Waals surface area contributed by atoms with Gasteiger partial charge in [0.25, 0.3) is 0 Å². The number of amides is 1. The van der Waals surface area contributed by atoms with Gasteiger partial charge in [-0.25, -0.2) is 9.78 Å². The fourth-order valence-electron chi connectivity index (χ4n) is 4.96. The minimum atomic E-state index is -1.11. The van der Waals surface area contributed by atoms with Gasteiger partial charge in [-0.05, 0) is 46.9 Å². The molecular formula is C23H30BrN5O3Si. The zero-order valence-corrected chi connectivity index (χ0v) is 21.9. The number of halogens is 1. The second-order valence-electron chi connectivity index (χ2n) is 10.5. The van der Waals surface area contributed by atoms with Crippen molar-refractivity contribution in [3.8, 4) is 11.3 Å². The smallest absolute Gasteiger partial charge is 0.407 e. The third kappa shape index (κ3) is 4.24. The normalized spacial score (nSPS) is 20.3. The van der Waals surface area contributed by atoms with Gasteiger partial charge >= 0.3 is 6.09 Å². The number of aryl methyl sites for hydroxylation is 1. The molecule has 0 radical (unpaired) electrons. The molecule has 3 aromatic rings. The molecule has 0 aromatic carbocycles. The van der Waals surface area contributed by atoms with E-state index in [1.807, 2.05) is 17.0 Å². The largest absolute Gasteiger partial charge is 0.465 e. The van der Waals surface area contributed by atoms with Gasteiger partial charge in [-0.1, -0.05) is 19.6 Å². The molecule has 1 fully saturated rings. The Hall–Kier alpha value is -2.17. The van der Waals surface area contributed by atoms with Crippen LogP contribution in [0.15, 0.2) is 29.0 Å². The quantitative estimate of drug-likeness (QED) is 0.357. The zero-order chi connectivity index (χ0) is 23.4. The molecule has 2 aliphatic heterocycles. The van der Waals surface area contributed by atoms with Crippen LogP contribution < -0.4 is 0 Å². The highest BCUT2D eigenvalue weighted by Gasteiger charge is 2.47. The van der Waals surface area contributed by atoms with Gasteiger partial charge in [0.05, 0.1) is 5.69 Å². The lowest BCUT2D eigenvalue weighted by Crippen LogP contribution is -2.32. The molecule has 0 saturated carbocycles. The fourth-order valence-corrected chi connectivity index (χ4v) is 6.26. The molecule has 3 aromatic heterocycles. The molecule has 1 N–H and O–H groups in total. The van der Waals surface area contributed by atoms with Crippen molar-refractivity contribution < 1.29 is 14.6 Å². The number of fused-ring (bicyclic) bond motifs is 3. The molecule has 5 rings (SSSR count). The van der Waals surface area contributed by atoms with E-state index >= 15 is 0 Å². The number of carboxylic acid groups (broad SMARTS) is 1. The molecule has 0 bridgehead atoms. The first-order chi connectivity index (χ1) is 15.7. The molecule has 2 aliphatic rings. The highest BCUT2D eigenvalue weighted by Crippen LogP contribution is 2.44. The van der Waals surface area contributed by atoms with E-state index in [1.54, 1.807) is 0 Å². The first kappa shape index (κ1) is 22.6. The number of hydrogen-bond acceptors (Lipinski definition) is 4. The first-order valence-corrected chi connectivity index (χ1v) is 15.9. The van der Waals surface area contributed by atoms with E-state index in [1.165, 1.54) is 4.90 Å². The van der Waals surface area contributed by atoms with E-state index in [-0.39, 0.29) is 5.41 Å². The van der Waals surface area contributed by atoms with Gasteiger partial charge in [-0.2, -0.15) is 5.10 Å². The van der Waals surface area contributed by atoms with Crippen LogP contribution in [0.5, 0.6) is 0 Å². The second kappa shape index (κ2) is 8.25. The number of rotatable bonds is 6. The topological polar surface area (TPSA) is 85.4 Å². The summed E-state index contributed by atoms with van der Waals surface area (Å²) in [5.74, 6) is 0. The predicted octanol–water partition coefficient (Wildman–Crippen LogP) is 5.00. The summed E-state index contributed by atoms with van der Waals surface area (Å²) in [7, 11) is -1.11. The predicted molar refractivity (Wildman–Crippen MR) is 133 cm³/mol. The van der Waals surface area contributed by atoms with Gasteiger partial charge in [0.1, 0.15) is 12.4 Å². The summed E-state index contributed by atoms with van der Waals surface area (Å²) in [4.78, 5) is 17.7. The average molecular weight is 533 g/mol. The van der Waals surface area contributed by atoms with Gasteiger partial charge < -0.3 is 19.3 Å². The van der Waals surface area contributed by atoms with E-state index in [2.05, 4.69) is 52.4 Å². The lowest BCUT2D eigenvalue weighted by atomic mass is 9.82. The highest BCUT2D eigenvalue weighted by molar-refractivity contribution is 9.10. The average Bonchev–Trinajstić information content (AvgIpc) is 3.50. The maximum atomic E-state index is 11.4. The van der Waals surface area contributed by atoms with Gasteiger partial charge in [-0.15, -0.1) is 0 Å². The van der Waals surface area contributed by atoms with Gasteiger partial charge in [0.15, 0.2) is 0 Å². The van der Waals surface area contributed by atoms with Crippen molar-refractivity contribution in [1.82, 2.24) is 24.2 Å². The standard InChI is InChI=1S/C23H30BrN5O3Si/c1-33(2,3)9-8-32-15-28-13-18(24)17-10-16(12-25-21(17)28)19-11-20-23(5-7-29(20)26-19)4-6-27(14-23)22(30)31/h10-13H,4-9,14-15H2,1-3H3,(H,30,31). The maximum absolute atomic E-state index is 11.4. The van der Waals surface area contributed by atoms with Crippen LogP contribution in [0.25, 0.3) is 22.3 Å². The summed E-state index contributed by atoms with van der Waals surface area (Å²) in [5.41, 5.74) is 3.77. The summed E-state index contributed by atoms with van der Waals surface area (Å²) in [6, 6.07) is 5.39. The highest BCUT2D eigenvalue weighted by atomic mass is 79.9. The maximum Gasteiger partial charge on any atom is 0.407 e. The molecule has 5 heterocycles. The molecule has 10 heteroatoms. The van der Waals surface area contributed by atoms with Crippen LogP contribution in [0.2, 0.25) is 25.7 Å². The van der Waals surface area contributed by atoms with Crippen LogP contribution in [0.3, 0.4) is 0 Å². The van der Waals surface area contributed by atoms with Crippen molar-refractivity contribution in [2.24, 2.45) is 0 Å². The van der Waals surface area contributed by atoms with E-state index in [4.69, 9.17) is 14.8 Å². The number of pyridine rings is 1. The molecule has 176 valence electrons. The van der Waals surface area contributed by atoms with Gasteiger partial charge in [-0.3, -0.25) is 4.68 Å². The van der Waals surface area contributed by atoms with Gasteiger partial charge in [0.2, 0.25) is 0 Å². The summed E-state index contributed by atoms with van der Waals surface area (Å²) >= 11 is 3.68. The van der Waals surface area contributed by atoms with E-state index in [0.29, 0.717) is 19.8 Å². The van der Waals surface area contributed by atoms with Crippen LogP contribution in [-0.2, 0) is 23.4 Å². The third-order valence-corrected chi connectivity index (χ3v) is 9.27. The molecular weight excluding hydrogens is 502 g/mol. The van der Waals surface area contributed by atoms with Crippen molar-refractivity contribution in [2.75, 3.05) is 19.7 Å². The van der Waals surface area contributed by atoms with Crippen LogP contribution in [0, 0.1) is 0 Å². The van der Waals surface area contributed by atoms with Crippen LogP contribution in [0.4, 0.5) is 4.79 Å². The van der Waals surface area contributed by atoms with Crippen LogP contribution in [-0.4, -0.2) is 63.2 Å². The van der Waals surface area contributed by atoms with Crippen LogP contribution in [0.1, 0.15) is 18.5 Å². The molecule has 1 spiro atoms. The molecule has 1 atom stereocenters. The van der Waals surface area contributed by atoms with Crippen molar-refractivity contribution in [3.05, 3.63) is 34.7 Å². The summed E-state index contributed by atoms with van der Waals surface area (Å²) < 4.78 is 11.0. The number of ether oxygens (including phenoxy) is 1. The molecule has 1 unspecified atom stereocenters. The van der Waals surface area contributed by atoms with Crippen molar-refractivity contribution in [3.63, 3.8) is 0 Å². The Labute approximate surface area is 202 Å². The molecule has 8 nitrogen and oxygen atoms in total. The SMILES string of the molecule is C[Si](C)(C)CCOCn1cc(Br)c2cc(-c3cc4n(n3)CCC43CCN(C(=O)O)C3)cnc21. The van der Waals surface area contributed by atoms with Crippen molar-refractivity contribution in [2.45, 2.75) is 57.2 Å². The van der Waals surface area contributed by atoms with Crippen LogP contribution >= 0.6 is 15.9 Å². The number of carbonyl (C=O) groups is 1. The first-order valence-electron chi connectivity index (χ1n) is 11.4. The number of hydrogen-bond donors (Lipinski definition) is 1. The number of nitrogens with zero attached hydrogens (tertiary/aromatic N) is 5. The Morgan fingerprint density at radius 1 is 1.27 bits per heavy atom. The van der Waals surface area contributed by atoms with Crippen molar-refractivity contribution >= 4 is 41.1 Å². The summed E-state index contributed by atoms with van der Waals surface area (Å²) in [6.45, 7) is 10.3. The third-order valence-electron chi connectivity index (χ3n) is 6.94. The van der Waals surface area contributed by atoms with E-state index < -0.39 is 14.2 Å². The second-order valence-corrected chi connectivity index (χ2v) is 17.0. The zero-order valence-electron chi connectivity index (χ0n) is 19.3. The lowest BCUT2D eigenvalue weighted by Gasteiger charge is -2.21. The minimum Gasteiger partial charge on any atom is -0.465 e. The summed E-state index contributed by atoms with van der Waals surface area (Å²) in [6.07, 6.45) is 4.86. The minimum absolute atomic E-state index is 0.113. The van der Waals surface area contributed by atoms with E-state index in [0.717, 1.165) is 64.5 Å². The molecule has 0 aliphatic carbocycles. The Morgan fingerprint density at radius 3 is 2.79 bits per heavy atom.